The van der Waals surface area contributed by atoms with Gasteiger partial charge < -0.3 is 15.2 Å². The normalized spacial score (nSPS) is 23.8. The lowest BCUT2D eigenvalue weighted by Gasteiger charge is -2.17. The van der Waals surface area contributed by atoms with Crippen LogP contribution >= 0.6 is 0 Å². The van der Waals surface area contributed by atoms with Crippen LogP contribution in [0.25, 0.3) is 0 Å². The maximum absolute atomic E-state index is 9.42. The number of rotatable bonds is 5. The minimum absolute atomic E-state index is 0.589. The molecular formula is C10H21NO2. The third kappa shape index (κ3) is 5.24. The third-order valence-corrected chi connectivity index (χ3v) is 2.37. The molecule has 1 rings (SSSR count). The Morgan fingerprint density at radius 2 is 2.31 bits per heavy atom. The van der Waals surface area contributed by atoms with Crippen LogP contribution in [-0.2, 0) is 4.74 Å². The third-order valence-electron chi connectivity index (χ3n) is 2.37. The van der Waals surface area contributed by atoms with Crippen LogP contribution in [0.5, 0.6) is 0 Å². The smallest absolute Gasteiger partial charge is 0.0613 e. The molecule has 0 amide bonds. The fourth-order valence-electron chi connectivity index (χ4n) is 1.43. The summed E-state index contributed by atoms with van der Waals surface area (Å²) in [6.07, 6.45) is 1.94. The van der Waals surface area contributed by atoms with E-state index in [1.807, 2.05) is 13.8 Å². The van der Waals surface area contributed by atoms with Crippen LogP contribution in [-0.4, -0.2) is 37.0 Å². The van der Waals surface area contributed by atoms with Crippen LogP contribution < -0.4 is 5.32 Å². The minimum Gasteiger partial charge on any atom is -0.390 e. The zero-order chi connectivity index (χ0) is 9.73. The summed E-state index contributed by atoms with van der Waals surface area (Å²) in [5, 5.41) is 12.7. The summed E-state index contributed by atoms with van der Waals surface area (Å²) in [6.45, 7) is 7.34. The van der Waals surface area contributed by atoms with Crippen molar-refractivity contribution in [2.24, 2.45) is 5.92 Å². The summed E-state index contributed by atoms with van der Waals surface area (Å²) in [4.78, 5) is 0. The Labute approximate surface area is 80.5 Å². The van der Waals surface area contributed by atoms with Crippen LogP contribution in [0.2, 0.25) is 0 Å². The van der Waals surface area contributed by atoms with Crippen molar-refractivity contribution in [2.45, 2.75) is 32.3 Å². The maximum atomic E-state index is 9.42. The number of nitrogens with one attached hydrogen (secondary N) is 1. The highest BCUT2D eigenvalue weighted by Gasteiger charge is 2.15. The topological polar surface area (TPSA) is 41.5 Å². The first-order valence-corrected chi connectivity index (χ1v) is 5.09. The van der Waals surface area contributed by atoms with Crippen molar-refractivity contribution in [3.05, 3.63) is 0 Å². The molecule has 0 aromatic heterocycles. The lowest BCUT2D eigenvalue weighted by atomic mass is 10.1. The molecule has 0 spiro atoms. The number of ether oxygens (including phenoxy) is 1. The fourth-order valence-corrected chi connectivity index (χ4v) is 1.43. The number of hydrogen-bond acceptors (Lipinski definition) is 3. The molecule has 0 bridgehead atoms. The standard InChI is InChI=1S/C10H21NO2/c1-10(2,12)4-6-13-8-9-3-5-11-7-9/h9,11-12H,3-8H2,1-2H3. The first-order valence-electron chi connectivity index (χ1n) is 5.09. The van der Waals surface area contributed by atoms with Gasteiger partial charge in [-0.15, -0.1) is 0 Å². The second kappa shape index (κ2) is 4.94. The first kappa shape index (κ1) is 11.0. The second-order valence-corrected chi connectivity index (χ2v) is 4.50. The highest BCUT2D eigenvalue weighted by atomic mass is 16.5. The van der Waals surface area contributed by atoms with Gasteiger partial charge >= 0.3 is 0 Å². The SMILES string of the molecule is CC(C)(O)CCOCC1CCNC1. The van der Waals surface area contributed by atoms with Gasteiger partial charge in [-0.05, 0) is 39.2 Å². The van der Waals surface area contributed by atoms with E-state index >= 15 is 0 Å². The van der Waals surface area contributed by atoms with Gasteiger partial charge in [0.25, 0.3) is 0 Å². The summed E-state index contributed by atoms with van der Waals surface area (Å²) in [5.74, 6) is 0.682. The van der Waals surface area contributed by atoms with Crippen LogP contribution in [0.3, 0.4) is 0 Å². The largest absolute Gasteiger partial charge is 0.390 e. The molecule has 0 aliphatic carbocycles. The van der Waals surface area contributed by atoms with Gasteiger partial charge in [0.15, 0.2) is 0 Å². The second-order valence-electron chi connectivity index (χ2n) is 4.50. The average Bonchev–Trinajstić information content (AvgIpc) is 2.48. The van der Waals surface area contributed by atoms with Crippen molar-refractivity contribution in [1.29, 1.82) is 0 Å². The predicted molar refractivity (Wildman–Crippen MR) is 52.7 cm³/mol. The van der Waals surface area contributed by atoms with Gasteiger partial charge in [-0.1, -0.05) is 0 Å². The van der Waals surface area contributed by atoms with Gasteiger partial charge in [0, 0.05) is 13.2 Å². The minimum atomic E-state index is -0.589. The fraction of sp³-hybridized carbons (Fsp3) is 1.00. The molecule has 0 aromatic rings. The van der Waals surface area contributed by atoms with Gasteiger partial charge in [-0.25, -0.2) is 0 Å². The highest BCUT2D eigenvalue weighted by molar-refractivity contribution is 4.70. The molecule has 3 heteroatoms. The van der Waals surface area contributed by atoms with Crippen molar-refractivity contribution < 1.29 is 9.84 Å². The van der Waals surface area contributed by atoms with Crippen LogP contribution in [0.15, 0.2) is 0 Å². The Morgan fingerprint density at radius 3 is 2.85 bits per heavy atom. The van der Waals surface area contributed by atoms with Crippen molar-refractivity contribution in [3.8, 4) is 0 Å². The van der Waals surface area contributed by atoms with E-state index in [4.69, 9.17) is 4.74 Å². The highest BCUT2D eigenvalue weighted by Crippen LogP contribution is 2.10. The molecule has 2 N–H and O–H groups in total. The Bertz CT molecular complexity index is 136. The quantitative estimate of drug-likeness (QED) is 0.625. The zero-order valence-corrected chi connectivity index (χ0v) is 8.68. The van der Waals surface area contributed by atoms with E-state index < -0.39 is 5.60 Å². The first-order chi connectivity index (χ1) is 6.08. The van der Waals surface area contributed by atoms with E-state index in [2.05, 4.69) is 5.32 Å². The summed E-state index contributed by atoms with van der Waals surface area (Å²) in [7, 11) is 0. The predicted octanol–water partition coefficient (Wildman–Crippen LogP) is 0.773. The number of hydrogen-bond donors (Lipinski definition) is 2. The zero-order valence-electron chi connectivity index (χ0n) is 8.68. The van der Waals surface area contributed by atoms with E-state index in [9.17, 15) is 5.11 Å². The van der Waals surface area contributed by atoms with Crippen LogP contribution in [0.1, 0.15) is 26.7 Å². The molecule has 0 aromatic carbocycles. The van der Waals surface area contributed by atoms with Crippen LogP contribution in [0, 0.1) is 5.92 Å². The molecule has 1 saturated heterocycles. The molecule has 78 valence electrons. The number of aliphatic hydroxyl groups is 1. The lowest BCUT2D eigenvalue weighted by Crippen LogP contribution is -2.22. The van der Waals surface area contributed by atoms with Gasteiger partial charge in [0.1, 0.15) is 0 Å². The molecule has 1 atom stereocenters. The molecule has 1 aliphatic rings. The van der Waals surface area contributed by atoms with Crippen molar-refractivity contribution >= 4 is 0 Å². The van der Waals surface area contributed by atoms with Crippen molar-refractivity contribution in [2.75, 3.05) is 26.3 Å². The van der Waals surface area contributed by atoms with E-state index in [1.54, 1.807) is 0 Å². The summed E-state index contributed by atoms with van der Waals surface area (Å²) >= 11 is 0. The molecular weight excluding hydrogens is 166 g/mol. The Hall–Kier alpha value is -0.120. The molecule has 1 fully saturated rings. The summed E-state index contributed by atoms with van der Waals surface area (Å²) < 4.78 is 5.49. The molecule has 1 unspecified atom stereocenters. The van der Waals surface area contributed by atoms with E-state index in [1.165, 1.54) is 6.42 Å². The van der Waals surface area contributed by atoms with E-state index in [0.29, 0.717) is 18.9 Å². The van der Waals surface area contributed by atoms with Crippen molar-refractivity contribution in [3.63, 3.8) is 0 Å². The molecule has 0 saturated carbocycles. The van der Waals surface area contributed by atoms with E-state index in [-0.39, 0.29) is 0 Å². The van der Waals surface area contributed by atoms with Crippen LogP contribution in [0.4, 0.5) is 0 Å². The average molecular weight is 187 g/mol. The van der Waals surface area contributed by atoms with Crippen molar-refractivity contribution in [1.82, 2.24) is 5.32 Å². The summed E-state index contributed by atoms with van der Waals surface area (Å²) in [5.41, 5.74) is -0.589. The van der Waals surface area contributed by atoms with Gasteiger partial charge in [0.2, 0.25) is 0 Å². The monoisotopic (exact) mass is 187 g/mol. The Kier molecular flexibility index (Phi) is 4.16. The summed E-state index contributed by atoms with van der Waals surface area (Å²) in [6, 6.07) is 0. The molecule has 13 heavy (non-hydrogen) atoms. The van der Waals surface area contributed by atoms with E-state index in [0.717, 1.165) is 19.7 Å². The molecule has 1 heterocycles. The van der Waals surface area contributed by atoms with Gasteiger partial charge in [0.05, 0.1) is 12.2 Å². The molecule has 3 nitrogen and oxygen atoms in total. The van der Waals surface area contributed by atoms with Gasteiger partial charge in [-0.3, -0.25) is 0 Å². The van der Waals surface area contributed by atoms with Gasteiger partial charge in [-0.2, -0.15) is 0 Å². The molecule has 0 radical (unpaired) electrons. The Morgan fingerprint density at radius 1 is 1.54 bits per heavy atom. The lowest BCUT2D eigenvalue weighted by molar-refractivity contribution is 0.0210. The Balaban J connectivity index is 1.94. The maximum Gasteiger partial charge on any atom is 0.0613 e. The molecule has 1 aliphatic heterocycles.